The molecule has 0 amide bonds. The van der Waals surface area contributed by atoms with Crippen LogP contribution in [0.1, 0.15) is 129 Å². The van der Waals surface area contributed by atoms with E-state index in [1.165, 1.54) is 32.1 Å². The monoisotopic (exact) mass is 699 g/mol. The summed E-state index contributed by atoms with van der Waals surface area (Å²) in [5.41, 5.74) is 5.30. The first-order valence-electron chi connectivity index (χ1n) is 17.7. The third-order valence-corrected chi connectivity index (χ3v) is 8.04. The first-order valence-corrected chi connectivity index (χ1v) is 19.2. The Morgan fingerprint density at radius 2 is 1.17 bits per heavy atom. The van der Waals surface area contributed by atoms with Gasteiger partial charge >= 0.3 is 25.7 Å². The van der Waals surface area contributed by atoms with Gasteiger partial charge in [-0.25, -0.2) is 4.57 Å². The third kappa shape index (κ3) is 30.8. The zero-order valence-corrected chi connectivity index (χ0v) is 30.2. The van der Waals surface area contributed by atoms with E-state index < -0.39 is 51.1 Å². The molecule has 4 N–H and O–H groups in total. The molecule has 12 heteroatoms. The number of carbonyl (C=O) groups is 3. The molecule has 0 heterocycles. The van der Waals surface area contributed by atoms with E-state index in [9.17, 15) is 23.8 Å². The van der Waals surface area contributed by atoms with E-state index in [1.807, 2.05) is 0 Å². The molecule has 0 aromatic rings. The fraction of sp³-hybridized carbons (Fsp3) is 0.694. The Hall–Kier alpha value is -2.56. The number of phosphoric acid groups is 1. The lowest BCUT2D eigenvalue weighted by Crippen LogP contribution is -2.34. The summed E-state index contributed by atoms with van der Waals surface area (Å²) in [7, 11) is -4.71. The lowest BCUT2D eigenvalue weighted by atomic mass is 10.1. The smallest absolute Gasteiger partial charge is 0.472 e. The van der Waals surface area contributed by atoms with Gasteiger partial charge in [0.15, 0.2) is 6.10 Å². The van der Waals surface area contributed by atoms with Crippen molar-refractivity contribution in [2.75, 3.05) is 19.8 Å². The number of carboxylic acid groups (broad SMARTS) is 1. The Bertz CT molecular complexity index is 1010. The van der Waals surface area contributed by atoms with Gasteiger partial charge in [0, 0.05) is 12.8 Å². The number of allylic oxidation sites excluding steroid dienone is 8. The molecule has 0 aromatic carbocycles. The van der Waals surface area contributed by atoms with E-state index in [-0.39, 0.29) is 19.4 Å². The van der Waals surface area contributed by atoms with E-state index in [2.05, 4.69) is 67.0 Å². The molecule has 0 spiro atoms. The summed E-state index contributed by atoms with van der Waals surface area (Å²) in [5.74, 6) is -2.44. The summed E-state index contributed by atoms with van der Waals surface area (Å²) in [6, 6.07) is -1.53. The quantitative estimate of drug-likeness (QED) is 0.0267. The number of aliphatic carboxylic acids is 1. The summed E-state index contributed by atoms with van der Waals surface area (Å²) in [4.78, 5) is 45.5. The highest BCUT2D eigenvalue weighted by molar-refractivity contribution is 7.47. The Kier molecular flexibility index (Phi) is 30.0. The highest BCUT2D eigenvalue weighted by atomic mass is 31.2. The van der Waals surface area contributed by atoms with Gasteiger partial charge in [-0.3, -0.25) is 23.4 Å². The van der Waals surface area contributed by atoms with Crippen molar-refractivity contribution in [3.05, 3.63) is 48.6 Å². The lowest BCUT2D eigenvalue weighted by molar-refractivity contribution is -0.161. The van der Waals surface area contributed by atoms with Crippen LogP contribution in [-0.2, 0) is 37.5 Å². The Balaban J connectivity index is 4.54. The van der Waals surface area contributed by atoms with Crippen LogP contribution in [0.15, 0.2) is 48.6 Å². The van der Waals surface area contributed by atoms with Gasteiger partial charge in [0.1, 0.15) is 12.6 Å². The first-order chi connectivity index (χ1) is 23.1. The molecular formula is C36H62NO10P. The molecule has 276 valence electrons. The molecule has 0 aliphatic rings. The standard InChI is InChI=1S/C36H62NO10P/c1-3-5-7-9-11-13-14-15-16-17-18-20-21-23-25-27-34(38)44-29-32(30-45-48(42,43)46-31-33(37)36(40)41)47-35(39)28-26-24-22-19-12-10-8-6-4-2/h5,7,11,13,15-16,18,20,32-33H,3-4,6,8-10,12,14,17,19,21-31,37H2,1-2H3,(H,40,41)(H,42,43)/b7-5-,13-11-,16-15-,20-18-/t32-,33+/m1/s1. The number of nitrogens with two attached hydrogens (primary N) is 1. The predicted octanol–water partition coefficient (Wildman–Crippen LogP) is 8.27. The van der Waals surface area contributed by atoms with Crippen LogP contribution in [0.2, 0.25) is 0 Å². The number of ether oxygens (including phenoxy) is 2. The number of phosphoric ester groups is 1. The minimum atomic E-state index is -4.71. The van der Waals surface area contributed by atoms with Crippen LogP contribution in [0.4, 0.5) is 0 Å². The molecule has 0 radical (unpaired) electrons. The van der Waals surface area contributed by atoms with Crippen LogP contribution >= 0.6 is 7.82 Å². The Morgan fingerprint density at radius 1 is 0.667 bits per heavy atom. The molecule has 3 atom stereocenters. The van der Waals surface area contributed by atoms with Gasteiger partial charge in [-0.15, -0.1) is 0 Å². The SMILES string of the molecule is CC/C=C\C/C=C\C/C=C\C/C=C\CCCCC(=O)OC[C@H](COP(=O)(O)OC[C@H](N)C(=O)O)OC(=O)CCCCCCCCCCC. The van der Waals surface area contributed by atoms with Gasteiger partial charge in [0.25, 0.3) is 0 Å². The van der Waals surface area contributed by atoms with Crippen LogP contribution in [0, 0.1) is 0 Å². The van der Waals surface area contributed by atoms with Crippen molar-refractivity contribution in [2.24, 2.45) is 5.73 Å². The minimum absolute atomic E-state index is 0.151. The minimum Gasteiger partial charge on any atom is -0.480 e. The second-order valence-electron chi connectivity index (χ2n) is 11.6. The molecule has 0 aliphatic heterocycles. The normalized spacial score (nSPS) is 14.6. The van der Waals surface area contributed by atoms with Crippen molar-refractivity contribution in [3.8, 4) is 0 Å². The van der Waals surface area contributed by atoms with E-state index in [1.54, 1.807) is 0 Å². The van der Waals surface area contributed by atoms with Gasteiger partial charge < -0.3 is 25.2 Å². The maximum absolute atomic E-state index is 12.5. The summed E-state index contributed by atoms with van der Waals surface area (Å²) < 4.78 is 32.4. The van der Waals surface area contributed by atoms with Gasteiger partial charge in [-0.2, -0.15) is 0 Å². The van der Waals surface area contributed by atoms with Gasteiger partial charge in [0.2, 0.25) is 0 Å². The van der Waals surface area contributed by atoms with Gasteiger partial charge in [-0.1, -0.05) is 114 Å². The largest absolute Gasteiger partial charge is 0.480 e. The number of esters is 2. The van der Waals surface area contributed by atoms with Gasteiger partial charge in [-0.05, 0) is 51.4 Å². The summed E-state index contributed by atoms with van der Waals surface area (Å²) in [5, 5.41) is 8.83. The van der Waals surface area contributed by atoms with E-state index >= 15 is 0 Å². The number of carboxylic acids is 1. The molecule has 48 heavy (non-hydrogen) atoms. The fourth-order valence-electron chi connectivity index (χ4n) is 4.29. The fourth-order valence-corrected chi connectivity index (χ4v) is 5.07. The van der Waals surface area contributed by atoms with Gasteiger partial charge in [0.05, 0.1) is 13.2 Å². The maximum atomic E-state index is 12.5. The molecule has 0 aromatic heterocycles. The van der Waals surface area contributed by atoms with E-state index in [0.717, 1.165) is 57.8 Å². The van der Waals surface area contributed by atoms with Crippen LogP contribution in [0.5, 0.6) is 0 Å². The summed E-state index contributed by atoms with van der Waals surface area (Å²) in [6.07, 6.45) is 32.0. The molecule has 0 saturated carbocycles. The highest BCUT2D eigenvalue weighted by Crippen LogP contribution is 2.43. The highest BCUT2D eigenvalue weighted by Gasteiger charge is 2.28. The van der Waals surface area contributed by atoms with Crippen LogP contribution in [0.25, 0.3) is 0 Å². The first kappa shape index (κ1) is 45.4. The average Bonchev–Trinajstić information content (AvgIpc) is 3.05. The van der Waals surface area contributed by atoms with Crippen molar-refractivity contribution in [1.82, 2.24) is 0 Å². The second kappa shape index (κ2) is 31.7. The lowest BCUT2D eigenvalue weighted by Gasteiger charge is -2.20. The molecule has 0 bridgehead atoms. The Labute approximate surface area is 288 Å². The predicted molar refractivity (Wildman–Crippen MR) is 189 cm³/mol. The zero-order chi connectivity index (χ0) is 35.7. The molecule has 0 saturated heterocycles. The molecular weight excluding hydrogens is 637 g/mol. The third-order valence-electron chi connectivity index (χ3n) is 7.09. The van der Waals surface area contributed by atoms with Crippen molar-refractivity contribution >= 4 is 25.7 Å². The number of hydrogen-bond acceptors (Lipinski definition) is 9. The number of carbonyl (C=O) groups excluding carboxylic acids is 2. The van der Waals surface area contributed by atoms with Crippen molar-refractivity contribution in [3.63, 3.8) is 0 Å². The van der Waals surface area contributed by atoms with Crippen molar-refractivity contribution in [2.45, 2.75) is 142 Å². The van der Waals surface area contributed by atoms with Crippen LogP contribution in [0.3, 0.4) is 0 Å². The van der Waals surface area contributed by atoms with E-state index in [0.29, 0.717) is 12.8 Å². The van der Waals surface area contributed by atoms with Crippen molar-refractivity contribution in [1.29, 1.82) is 0 Å². The number of unbranched alkanes of at least 4 members (excludes halogenated alkanes) is 10. The molecule has 0 rings (SSSR count). The van der Waals surface area contributed by atoms with Crippen LogP contribution in [-0.4, -0.2) is 59.9 Å². The molecule has 1 unspecified atom stereocenters. The number of rotatable bonds is 32. The molecule has 0 aliphatic carbocycles. The van der Waals surface area contributed by atoms with Crippen molar-refractivity contribution < 1.29 is 47.5 Å². The average molecular weight is 700 g/mol. The summed E-state index contributed by atoms with van der Waals surface area (Å²) in [6.45, 7) is 2.58. The molecule has 0 fully saturated rings. The topological polar surface area (TPSA) is 172 Å². The molecule has 11 nitrogen and oxygen atoms in total. The Morgan fingerprint density at radius 3 is 1.75 bits per heavy atom. The number of hydrogen-bond donors (Lipinski definition) is 3. The van der Waals surface area contributed by atoms with E-state index in [4.69, 9.17) is 24.8 Å². The second-order valence-corrected chi connectivity index (χ2v) is 13.1. The summed E-state index contributed by atoms with van der Waals surface area (Å²) >= 11 is 0. The maximum Gasteiger partial charge on any atom is 0.472 e. The zero-order valence-electron chi connectivity index (χ0n) is 29.3. The van der Waals surface area contributed by atoms with Crippen LogP contribution < -0.4 is 5.73 Å².